The summed E-state index contributed by atoms with van der Waals surface area (Å²) in [5, 5.41) is 4.68. The van der Waals surface area contributed by atoms with Gasteiger partial charge >= 0.3 is 0 Å². The van der Waals surface area contributed by atoms with E-state index in [0.717, 1.165) is 26.4 Å². The van der Waals surface area contributed by atoms with Crippen molar-refractivity contribution in [2.24, 2.45) is 5.84 Å². The highest BCUT2D eigenvalue weighted by molar-refractivity contribution is 9.10. The van der Waals surface area contributed by atoms with Crippen LogP contribution >= 0.6 is 27.5 Å². The number of anilines is 1. The molecule has 1 aromatic carbocycles. The van der Waals surface area contributed by atoms with E-state index in [1.807, 2.05) is 26.0 Å². The normalized spacial score (nSPS) is 10.4. The summed E-state index contributed by atoms with van der Waals surface area (Å²) in [5.74, 6) is 6.16. The van der Waals surface area contributed by atoms with Crippen LogP contribution in [0.3, 0.4) is 0 Å². The highest BCUT2D eigenvalue weighted by Gasteiger charge is 2.08. The molecule has 5 nitrogen and oxygen atoms in total. The SMILES string of the molecule is Cc1cc(OCc2nnsc2NN)cc(C)c1Br. The minimum absolute atomic E-state index is 0.344. The Morgan fingerprint density at radius 1 is 1.39 bits per heavy atom. The van der Waals surface area contributed by atoms with Crippen molar-refractivity contribution in [3.05, 3.63) is 33.4 Å². The summed E-state index contributed by atoms with van der Waals surface area (Å²) in [6.07, 6.45) is 0. The number of hydrazine groups is 1. The Kier molecular flexibility index (Phi) is 4.15. The summed E-state index contributed by atoms with van der Waals surface area (Å²) in [7, 11) is 0. The number of ether oxygens (including phenoxy) is 1. The molecule has 0 saturated heterocycles. The lowest BCUT2D eigenvalue weighted by molar-refractivity contribution is 0.301. The Morgan fingerprint density at radius 3 is 2.67 bits per heavy atom. The molecule has 2 aromatic rings. The first kappa shape index (κ1) is 13.3. The maximum absolute atomic E-state index is 5.70. The molecule has 1 heterocycles. The van der Waals surface area contributed by atoms with Crippen LogP contribution in [-0.4, -0.2) is 9.59 Å². The van der Waals surface area contributed by atoms with Crippen molar-refractivity contribution in [3.8, 4) is 5.75 Å². The lowest BCUT2D eigenvalue weighted by atomic mass is 10.1. The van der Waals surface area contributed by atoms with Gasteiger partial charge in [0, 0.05) is 16.0 Å². The predicted octanol–water partition coefficient (Wildman–Crippen LogP) is 2.78. The summed E-state index contributed by atoms with van der Waals surface area (Å²) in [6, 6.07) is 3.96. The molecule has 3 N–H and O–H groups in total. The number of aromatic nitrogens is 2. The second-order valence-electron chi connectivity index (χ2n) is 3.85. The molecule has 1 aromatic heterocycles. The monoisotopic (exact) mass is 328 g/mol. The molecule has 0 aliphatic carbocycles. The van der Waals surface area contributed by atoms with Crippen molar-refractivity contribution < 1.29 is 4.74 Å². The Morgan fingerprint density at radius 2 is 2.06 bits per heavy atom. The highest BCUT2D eigenvalue weighted by Crippen LogP contribution is 2.27. The number of aryl methyl sites for hydroxylation is 2. The van der Waals surface area contributed by atoms with Gasteiger partial charge in [-0.1, -0.05) is 20.4 Å². The fourth-order valence-electron chi connectivity index (χ4n) is 1.55. The minimum Gasteiger partial charge on any atom is -0.487 e. The maximum Gasteiger partial charge on any atom is 0.150 e. The van der Waals surface area contributed by atoms with Crippen LogP contribution in [0.1, 0.15) is 16.8 Å². The predicted molar refractivity (Wildman–Crippen MR) is 75.7 cm³/mol. The fourth-order valence-corrected chi connectivity index (χ4v) is 2.26. The van der Waals surface area contributed by atoms with Crippen LogP contribution in [0.15, 0.2) is 16.6 Å². The largest absolute Gasteiger partial charge is 0.487 e. The van der Waals surface area contributed by atoms with Crippen LogP contribution in [0.2, 0.25) is 0 Å². The minimum atomic E-state index is 0.344. The van der Waals surface area contributed by atoms with E-state index in [4.69, 9.17) is 10.6 Å². The maximum atomic E-state index is 5.70. The van der Waals surface area contributed by atoms with Gasteiger partial charge in [-0.3, -0.25) is 0 Å². The molecule has 0 radical (unpaired) electrons. The zero-order valence-corrected chi connectivity index (χ0v) is 12.4. The van der Waals surface area contributed by atoms with Crippen molar-refractivity contribution in [3.63, 3.8) is 0 Å². The zero-order chi connectivity index (χ0) is 13.1. The molecule has 0 fully saturated rings. The van der Waals surface area contributed by atoms with Gasteiger partial charge in [-0.05, 0) is 37.1 Å². The van der Waals surface area contributed by atoms with Gasteiger partial charge < -0.3 is 10.2 Å². The molecule has 0 amide bonds. The number of nitrogens with zero attached hydrogens (tertiary/aromatic N) is 2. The second-order valence-corrected chi connectivity index (χ2v) is 5.40. The summed E-state index contributed by atoms with van der Waals surface area (Å²) < 4.78 is 10.6. The van der Waals surface area contributed by atoms with Gasteiger partial charge in [-0.15, -0.1) is 5.10 Å². The average Bonchev–Trinajstić information content (AvgIpc) is 2.80. The molecular formula is C11H13BrN4OS. The second kappa shape index (κ2) is 5.64. The molecular weight excluding hydrogens is 316 g/mol. The number of nitrogen functional groups attached to an aromatic ring is 1. The van der Waals surface area contributed by atoms with Crippen LogP contribution in [0.5, 0.6) is 5.75 Å². The number of nitrogens with two attached hydrogens (primary N) is 1. The molecule has 0 spiro atoms. The van der Waals surface area contributed by atoms with Crippen LogP contribution in [-0.2, 0) is 6.61 Å². The molecule has 0 atom stereocenters. The number of halogens is 1. The number of nitrogens with one attached hydrogen (secondary N) is 1. The average molecular weight is 329 g/mol. The third-order valence-electron chi connectivity index (χ3n) is 2.47. The van der Waals surface area contributed by atoms with Gasteiger partial charge in [0.15, 0.2) is 5.00 Å². The fraction of sp³-hybridized carbons (Fsp3) is 0.273. The van der Waals surface area contributed by atoms with E-state index in [1.165, 1.54) is 11.5 Å². The summed E-state index contributed by atoms with van der Waals surface area (Å²) in [6.45, 7) is 4.40. The summed E-state index contributed by atoms with van der Waals surface area (Å²) in [5.41, 5.74) is 5.53. The quantitative estimate of drug-likeness (QED) is 0.666. The van der Waals surface area contributed by atoms with Crippen LogP contribution in [0, 0.1) is 13.8 Å². The Hall–Kier alpha value is -1.18. The zero-order valence-electron chi connectivity index (χ0n) is 10.0. The Labute approximate surface area is 118 Å². The van der Waals surface area contributed by atoms with Crippen LogP contribution in [0.4, 0.5) is 5.00 Å². The van der Waals surface area contributed by atoms with E-state index >= 15 is 0 Å². The summed E-state index contributed by atoms with van der Waals surface area (Å²) in [4.78, 5) is 0. The van der Waals surface area contributed by atoms with E-state index in [-0.39, 0.29) is 0 Å². The van der Waals surface area contributed by atoms with Gasteiger partial charge in [0.05, 0.1) is 0 Å². The molecule has 0 aliphatic heterocycles. The van der Waals surface area contributed by atoms with Gasteiger partial charge in [0.1, 0.15) is 18.1 Å². The summed E-state index contributed by atoms with van der Waals surface area (Å²) >= 11 is 4.73. The third kappa shape index (κ3) is 2.80. The number of hydrogen-bond donors (Lipinski definition) is 2. The van der Waals surface area contributed by atoms with Crippen LogP contribution in [0.25, 0.3) is 0 Å². The topological polar surface area (TPSA) is 73.1 Å². The molecule has 96 valence electrons. The molecule has 18 heavy (non-hydrogen) atoms. The molecule has 0 saturated carbocycles. The molecule has 0 bridgehead atoms. The molecule has 0 aliphatic rings. The third-order valence-corrected chi connectivity index (χ3v) is 4.42. The van der Waals surface area contributed by atoms with Gasteiger partial charge in [-0.2, -0.15) is 0 Å². The van der Waals surface area contributed by atoms with E-state index in [1.54, 1.807) is 0 Å². The van der Waals surface area contributed by atoms with Crippen LogP contribution < -0.4 is 16.0 Å². The van der Waals surface area contributed by atoms with E-state index in [0.29, 0.717) is 12.3 Å². The Bertz CT molecular complexity index is 535. The molecule has 7 heteroatoms. The lowest BCUT2D eigenvalue weighted by Crippen LogP contribution is -2.08. The number of rotatable bonds is 4. The van der Waals surface area contributed by atoms with Gasteiger partial charge in [0.2, 0.25) is 0 Å². The lowest BCUT2D eigenvalue weighted by Gasteiger charge is -2.09. The standard InChI is InChI=1S/C11H13BrN4OS/c1-6-3-8(4-7(2)10(6)12)17-5-9-11(14-13)18-16-15-9/h3-4,14H,5,13H2,1-2H3. The first-order valence-electron chi connectivity index (χ1n) is 5.29. The molecule has 2 rings (SSSR count). The van der Waals surface area contributed by atoms with Crippen molar-refractivity contribution in [1.29, 1.82) is 0 Å². The van der Waals surface area contributed by atoms with E-state index in [9.17, 15) is 0 Å². The number of hydrogen-bond acceptors (Lipinski definition) is 6. The number of benzene rings is 1. The first-order valence-corrected chi connectivity index (χ1v) is 6.86. The smallest absolute Gasteiger partial charge is 0.150 e. The van der Waals surface area contributed by atoms with Gasteiger partial charge in [-0.25, -0.2) is 5.84 Å². The van der Waals surface area contributed by atoms with E-state index < -0.39 is 0 Å². The Balaban J connectivity index is 2.11. The first-order chi connectivity index (χ1) is 8.61. The van der Waals surface area contributed by atoms with Crippen molar-refractivity contribution in [2.75, 3.05) is 5.43 Å². The van der Waals surface area contributed by atoms with Crippen molar-refractivity contribution in [2.45, 2.75) is 20.5 Å². The highest BCUT2D eigenvalue weighted by atomic mass is 79.9. The van der Waals surface area contributed by atoms with E-state index in [2.05, 4.69) is 30.9 Å². The van der Waals surface area contributed by atoms with Crippen molar-refractivity contribution >= 4 is 32.5 Å². The van der Waals surface area contributed by atoms with Gasteiger partial charge in [0.25, 0.3) is 0 Å². The molecule has 0 unspecified atom stereocenters. The van der Waals surface area contributed by atoms with Crippen molar-refractivity contribution in [1.82, 2.24) is 9.59 Å².